The fourth-order valence-electron chi connectivity index (χ4n) is 2.69. The van der Waals surface area contributed by atoms with E-state index in [0.717, 1.165) is 18.3 Å². The summed E-state index contributed by atoms with van der Waals surface area (Å²) in [6.07, 6.45) is 6.88. The van der Waals surface area contributed by atoms with Gasteiger partial charge in [-0.05, 0) is 23.7 Å². The molecule has 0 aliphatic heterocycles. The highest BCUT2D eigenvalue weighted by molar-refractivity contribution is 4.84. The first kappa shape index (κ1) is 10.1. The van der Waals surface area contributed by atoms with E-state index < -0.39 is 0 Å². The molecule has 0 amide bonds. The first-order valence-corrected chi connectivity index (χ1v) is 5.35. The van der Waals surface area contributed by atoms with Gasteiger partial charge in [0.25, 0.3) is 0 Å². The van der Waals surface area contributed by atoms with Crippen LogP contribution >= 0.6 is 0 Å². The average Bonchev–Trinajstić information content (AvgIpc) is 2.03. The smallest absolute Gasteiger partial charge is 0.0337 e. The lowest BCUT2D eigenvalue weighted by molar-refractivity contribution is 0.109. The minimum atomic E-state index is 0.503. The molecule has 2 atom stereocenters. The second kappa shape index (κ2) is 3.81. The molecule has 0 aromatic rings. The van der Waals surface area contributed by atoms with E-state index in [1.54, 1.807) is 0 Å². The molecule has 0 bridgehead atoms. The molecule has 1 fully saturated rings. The lowest BCUT2D eigenvalue weighted by atomic mass is 9.66. The van der Waals surface area contributed by atoms with Gasteiger partial charge in [-0.1, -0.05) is 53.4 Å². The van der Waals surface area contributed by atoms with Gasteiger partial charge in [0, 0.05) is 0 Å². The summed E-state index contributed by atoms with van der Waals surface area (Å²) in [4.78, 5) is 0. The molecule has 0 nitrogen and oxygen atoms in total. The van der Waals surface area contributed by atoms with Crippen molar-refractivity contribution in [2.75, 3.05) is 0 Å². The van der Waals surface area contributed by atoms with Crippen LogP contribution in [0.15, 0.2) is 0 Å². The molecular weight excluding hydrogens is 144 g/mol. The molecule has 0 aromatic heterocycles. The van der Waals surface area contributed by atoms with E-state index in [-0.39, 0.29) is 0 Å². The van der Waals surface area contributed by atoms with Crippen LogP contribution in [0.1, 0.15) is 52.9 Å². The van der Waals surface area contributed by atoms with Gasteiger partial charge in [0.1, 0.15) is 0 Å². The summed E-state index contributed by atoms with van der Waals surface area (Å²) in [5.41, 5.74) is 0.503. The number of rotatable bonds is 1. The molecule has 1 saturated carbocycles. The normalized spacial score (nSPS) is 32.0. The molecule has 2 unspecified atom stereocenters. The molecule has 1 aliphatic carbocycles. The quantitative estimate of drug-likeness (QED) is 0.552. The lowest BCUT2D eigenvalue weighted by Crippen LogP contribution is -2.30. The first-order valence-electron chi connectivity index (χ1n) is 5.35. The van der Waals surface area contributed by atoms with Gasteiger partial charge in [-0.2, -0.15) is 0 Å². The molecule has 1 rings (SSSR count). The van der Waals surface area contributed by atoms with Crippen molar-refractivity contribution in [3.63, 3.8) is 0 Å². The molecule has 1 aliphatic rings. The van der Waals surface area contributed by atoms with Crippen molar-refractivity contribution in [3.05, 3.63) is 6.92 Å². The van der Waals surface area contributed by atoms with Gasteiger partial charge in [-0.3, -0.25) is 0 Å². The fraction of sp³-hybridized carbons (Fsp3) is 0.917. The van der Waals surface area contributed by atoms with E-state index >= 15 is 0 Å². The van der Waals surface area contributed by atoms with Crippen LogP contribution in [0.3, 0.4) is 0 Å². The SMILES string of the molecule is [CH2]CC1CCCCC1C(C)(C)C. The van der Waals surface area contributed by atoms with E-state index in [1.165, 1.54) is 25.7 Å². The monoisotopic (exact) mass is 167 g/mol. The Kier molecular flexibility index (Phi) is 3.20. The number of hydrogen-bond donors (Lipinski definition) is 0. The molecule has 0 heteroatoms. The van der Waals surface area contributed by atoms with Crippen molar-refractivity contribution in [3.8, 4) is 0 Å². The van der Waals surface area contributed by atoms with Crippen molar-refractivity contribution in [1.29, 1.82) is 0 Å². The Morgan fingerprint density at radius 2 is 1.75 bits per heavy atom. The second-order valence-corrected chi connectivity index (χ2v) is 5.31. The van der Waals surface area contributed by atoms with E-state index in [1.807, 2.05) is 0 Å². The Morgan fingerprint density at radius 3 is 2.17 bits per heavy atom. The lowest BCUT2D eigenvalue weighted by Gasteiger charge is -2.40. The summed E-state index contributed by atoms with van der Waals surface area (Å²) >= 11 is 0. The van der Waals surface area contributed by atoms with Crippen LogP contribution in [0.25, 0.3) is 0 Å². The Balaban J connectivity index is 2.59. The van der Waals surface area contributed by atoms with Gasteiger partial charge >= 0.3 is 0 Å². The summed E-state index contributed by atoms with van der Waals surface area (Å²) in [5.74, 6) is 1.82. The molecule has 0 spiro atoms. The maximum atomic E-state index is 4.07. The van der Waals surface area contributed by atoms with Crippen LogP contribution < -0.4 is 0 Å². The molecule has 71 valence electrons. The maximum Gasteiger partial charge on any atom is -0.0337 e. The third kappa shape index (κ3) is 2.24. The zero-order chi connectivity index (χ0) is 9.19. The highest BCUT2D eigenvalue weighted by Crippen LogP contribution is 2.42. The Labute approximate surface area is 77.7 Å². The van der Waals surface area contributed by atoms with Crippen LogP contribution in [-0.4, -0.2) is 0 Å². The Bertz CT molecular complexity index is 129. The van der Waals surface area contributed by atoms with Crippen molar-refractivity contribution in [2.45, 2.75) is 52.9 Å². The highest BCUT2D eigenvalue weighted by atomic mass is 14.4. The highest BCUT2D eigenvalue weighted by Gasteiger charge is 2.32. The Hall–Kier alpha value is 0. The fourth-order valence-corrected chi connectivity index (χ4v) is 2.69. The topological polar surface area (TPSA) is 0 Å². The molecule has 0 N–H and O–H groups in total. The van der Waals surface area contributed by atoms with Crippen LogP contribution in [-0.2, 0) is 0 Å². The first-order chi connectivity index (χ1) is 5.55. The van der Waals surface area contributed by atoms with Gasteiger partial charge in [0.2, 0.25) is 0 Å². The molecular formula is C12H23. The van der Waals surface area contributed by atoms with Gasteiger partial charge in [0.05, 0.1) is 0 Å². The summed E-state index contributed by atoms with van der Waals surface area (Å²) < 4.78 is 0. The van der Waals surface area contributed by atoms with Crippen LogP contribution in [0, 0.1) is 24.2 Å². The van der Waals surface area contributed by atoms with E-state index in [4.69, 9.17) is 0 Å². The van der Waals surface area contributed by atoms with Crippen LogP contribution in [0.4, 0.5) is 0 Å². The van der Waals surface area contributed by atoms with Crippen LogP contribution in [0.2, 0.25) is 0 Å². The minimum absolute atomic E-state index is 0.503. The van der Waals surface area contributed by atoms with E-state index in [0.29, 0.717) is 5.41 Å². The molecule has 0 aromatic carbocycles. The summed E-state index contributed by atoms with van der Waals surface area (Å²) in [5, 5.41) is 0. The van der Waals surface area contributed by atoms with E-state index in [2.05, 4.69) is 27.7 Å². The molecule has 12 heavy (non-hydrogen) atoms. The predicted molar refractivity (Wildman–Crippen MR) is 54.9 cm³/mol. The standard InChI is InChI=1S/C12H23/c1-5-10-8-6-7-9-11(10)12(2,3)4/h10-11H,1,5-9H2,2-4H3. The second-order valence-electron chi connectivity index (χ2n) is 5.31. The molecule has 0 heterocycles. The summed E-state index contributed by atoms with van der Waals surface area (Å²) in [7, 11) is 0. The molecule has 0 saturated heterocycles. The van der Waals surface area contributed by atoms with Crippen molar-refractivity contribution >= 4 is 0 Å². The summed E-state index contributed by atoms with van der Waals surface area (Å²) in [6, 6.07) is 0. The molecule has 1 radical (unpaired) electrons. The third-order valence-corrected chi connectivity index (χ3v) is 3.39. The zero-order valence-electron chi connectivity index (χ0n) is 8.90. The maximum absolute atomic E-state index is 4.07. The Morgan fingerprint density at radius 1 is 1.17 bits per heavy atom. The van der Waals surface area contributed by atoms with Gasteiger partial charge in [-0.25, -0.2) is 0 Å². The largest absolute Gasteiger partial charge is 0.0599 e. The van der Waals surface area contributed by atoms with Crippen molar-refractivity contribution in [2.24, 2.45) is 17.3 Å². The van der Waals surface area contributed by atoms with Crippen molar-refractivity contribution in [1.82, 2.24) is 0 Å². The van der Waals surface area contributed by atoms with Crippen LogP contribution in [0.5, 0.6) is 0 Å². The van der Waals surface area contributed by atoms with Crippen molar-refractivity contribution < 1.29 is 0 Å². The predicted octanol–water partition coefficient (Wildman–Crippen LogP) is 4.06. The van der Waals surface area contributed by atoms with E-state index in [9.17, 15) is 0 Å². The average molecular weight is 167 g/mol. The van der Waals surface area contributed by atoms with Gasteiger partial charge < -0.3 is 0 Å². The number of hydrogen-bond acceptors (Lipinski definition) is 0. The van der Waals surface area contributed by atoms with Gasteiger partial charge in [0.15, 0.2) is 0 Å². The minimum Gasteiger partial charge on any atom is -0.0599 e. The summed E-state index contributed by atoms with van der Waals surface area (Å²) in [6.45, 7) is 11.2. The van der Waals surface area contributed by atoms with Gasteiger partial charge in [-0.15, -0.1) is 0 Å². The third-order valence-electron chi connectivity index (χ3n) is 3.39. The zero-order valence-corrected chi connectivity index (χ0v) is 8.90.